The van der Waals surface area contributed by atoms with Crippen molar-refractivity contribution >= 4 is 32.7 Å². The van der Waals surface area contributed by atoms with Crippen molar-refractivity contribution in [2.24, 2.45) is 0 Å². The van der Waals surface area contributed by atoms with Crippen molar-refractivity contribution in [2.75, 3.05) is 0 Å². The number of rotatable bonds is 3. The van der Waals surface area contributed by atoms with Gasteiger partial charge in [0.15, 0.2) is 0 Å². The number of benzene rings is 5. The molecule has 0 saturated heterocycles. The Morgan fingerprint density at radius 2 is 1.35 bits per heavy atom. The van der Waals surface area contributed by atoms with Crippen LogP contribution < -0.4 is 0 Å². The molecule has 148 valence electrons. The third-order valence-electron chi connectivity index (χ3n) is 6.17. The molecule has 0 atom stereocenters. The van der Waals surface area contributed by atoms with Crippen molar-refractivity contribution in [2.45, 2.75) is 13.3 Å². The zero-order valence-electron chi connectivity index (χ0n) is 17.4. The lowest BCUT2D eigenvalue weighted by Gasteiger charge is -2.08. The van der Waals surface area contributed by atoms with E-state index in [1.165, 1.54) is 49.4 Å². The van der Waals surface area contributed by atoms with Gasteiger partial charge >= 0.3 is 0 Å². The van der Waals surface area contributed by atoms with Gasteiger partial charge in [-0.3, -0.25) is 0 Å². The largest absolute Gasteiger partial charge is 0.455 e. The standard InChI is InChI=1S/C30H22O/c1-20-14-16-21(17-15-20)18-24-11-7-13-26-27-19-23-10-5-6-12-25(23)28(30(27)31-29(24)26)22-8-3-2-4-9-22/h2-17,19H,18H2,1H3. The highest BCUT2D eigenvalue weighted by molar-refractivity contribution is 6.18. The fourth-order valence-corrected chi connectivity index (χ4v) is 4.61. The summed E-state index contributed by atoms with van der Waals surface area (Å²) in [6.45, 7) is 2.12. The van der Waals surface area contributed by atoms with Gasteiger partial charge in [-0.15, -0.1) is 0 Å². The Kier molecular flexibility index (Phi) is 4.14. The molecule has 0 unspecified atom stereocenters. The number of furan rings is 1. The zero-order valence-corrected chi connectivity index (χ0v) is 17.4. The molecule has 31 heavy (non-hydrogen) atoms. The van der Waals surface area contributed by atoms with Gasteiger partial charge in [0.1, 0.15) is 11.2 Å². The van der Waals surface area contributed by atoms with Gasteiger partial charge < -0.3 is 4.42 Å². The molecule has 0 amide bonds. The van der Waals surface area contributed by atoms with E-state index < -0.39 is 0 Å². The molecule has 0 aliphatic carbocycles. The molecular formula is C30H22O. The quantitative estimate of drug-likeness (QED) is 0.292. The molecule has 0 saturated carbocycles. The molecule has 0 fully saturated rings. The molecule has 0 radical (unpaired) electrons. The van der Waals surface area contributed by atoms with Crippen LogP contribution in [-0.2, 0) is 6.42 Å². The first-order valence-electron chi connectivity index (χ1n) is 10.7. The molecule has 0 spiro atoms. The lowest BCUT2D eigenvalue weighted by Crippen LogP contribution is -1.88. The summed E-state index contributed by atoms with van der Waals surface area (Å²) in [4.78, 5) is 0. The van der Waals surface area contributed by atoms with Crippen LogP contribution >= 0.6 is 0 Å². The third kappa shape index (κ3) is 3.02. The molecule has 0 N–H and O–H groups in total. The summed E-state index contributed by atoms with van der Waals surface area (Å²) in [6.07, 6.45) is 0.859. The Hall–Kier alpha value is -3.84. The van der Waals surface area contributed by atoms with Crippen LogP contribution in [0.3, 0.4) is 0 Å². The summed E-state index contributed by atoms with van der Waals surface area (Å²) in [6, 6.07) is 36.7. The molecule has 5 aromatic carbocycles. The second-order valence-corrected chi connectivity index (χ2v) is 8.27. The summed E-state index contributed by atoms with van der Waals surface area (Å²) in [5, 5.41) is 4.82. The first-order valence-corrected chi connectivity index (χ1v) is 10.7. The summed E-state index contributed by atoms with van der Waals surface area (Å²) in [5.41, 5.74) is 8.12. The number of hydrogen-bond acceptors (Lipinski definition) is 1. The van der Waals surface area contributed by atoms with Gasteiger partial charge in [-0.05, 0) is 40.5 Å². The monoisotopic (exact) mass is 398 g/mol. The van der Waals surface area contributed by atoms with E-state index in [2.05, 4.69) is 110 Å². The van der Waals surface area contributed by atoms with E-state index in [4.69, 9.17) is 4.42 Å². The highest BCUT2D eigenvalue weighted by Gasteiger charge is 2.17. The Labute approximate surface area is 181 Å². The Morgan fingerprint density at radius 1 is 0.613 bits per heavy atom. The van der Waals surface area contributed by atoms with Crippen LogP contribution in [0.5, 0.6) is 0 Å². The predicted molar refractivity (Wildman–Crippen MR) is 131 cm³/mol. The molecule has 0 aliphatic heterocycles. The van der Waals surface area contributed by atoms with E-state index >= 15 is 0 Å². The minimum atomic E-state index is 0.859. The Balaban J connectivity index is 1.66. The van der Waals surface area contributed by atoms with E-state index in [1.807, 2.05) is 0 Å². The maximum Gasteiger partial charge on any atom is 0.143 e. The fourth-order valence-electron chi connectivity index (χ4n) is 4.61. The highest BCUT2D eigenvalue weighted by atomic mass is 16.3. The van der Waals surface area contributed by atoms with Crippen LogP contribution in [0.15, 0.2) is 108 Å². The number of aryl methyl sites for hydroxylation is 1. The molecule has 0 aliphatic rings. The zero-order chi connectivity index (χ0) is 20.8. The van der Waals surface area contributed by atoms with E-state index in [0.29, 0.717) is 0 Å². The minimum absolute atomic E-state index is 0.859. The normalized spacial score (nSPS) is 11.5. The first kappa shape index (κ1) is 18.0. The minimum Gasteiger partial charge on any atom is -0.455 e. The van der Waals surface area contributed by atoms with Crippen LogP contribution in [-0.4, -0.2) is 0 Å². The average molecular weight is 399 g/mol. The van der Waals surface area contributed by atoms with Gasteiger partial charge in [-0.2, -0.15) is 0 Å². The van der Waals surface area contributed by atoms with Crippen molar-refractivity contribution in [1.82, 2.24) is 0 Å². The number of para-hydroxylation sites is 1. The summed E-state index contributed by atoms with van der Waals surface area (Å²) in [7, 11) is 0. The lowest BCUT2D eigenvalue weighted by molar-refractivity contribution is 0.665. The molecule has 6 rings (SSSR count). The highest BCUT2D eigenvalue weighted by Crippen LogP contribution is 2.41. The smallest absolute Gasteiger partial charge is 0.143 e. The van der Waals surface area contributed by atoms with Crippen LogP contribution in [0.4, 0.5) is 0 Å². The molecule has 1 heterocycles. The number of fused-ring (bicyclic) bond motifs is 4. The maximum atomic E-state index is 6.67. The van der Waals surface area contributed by atoms with E-state index in [1.54, 1.807) is 0 Å². The van der Waals surface area contributed by atoms with Gasteiger partial charge in [-0.1, -0.05) is 103 Å². The van der Waals surface area contributed by atoms with E-state index in [-0.39, 0.29) is 0 Å². The van der Waals surface area contributed by atoms with Crippen molar-refractivity contribution in [1.29, 1.82) is 0 Å². The molecular weight excluding hydrogens is 376 g/mol. The number of hydrogen-bond donors (Lipinski definition) is 0. The molecule has 6 aromatic rings. The van der Waals surface area contributed by atoms with E-state index in [0.717, 1.165) is 17.6 Å². The summed E-state index contributed by atoms with van der Waals surface area (Å²) >= 11 is 0. The van der Waals surface area contributed by atoms with E-state index in [9.17, 15) is 0 Å². The lowest BCUT2D eigenvalue weighted by atomic mass is 9.95. The van der Waals surface area contributed by atoms with Gasteiger partial charge in [0.25, 0.3) is 0 Å². The van der Waals surface area contributed by atoms with Crippen molar-refractivity contribution < 1.29 is 4.42 Å². The van der Waals surface area contributed by atoms with Crippen LogP contribution in [0.1, 0.15) is 16.7 Å². The van der Waals surface area contributed by atoms with Crippen LogP contribution in [0.25, 0.3) is 43.8 Å². The van der Waals surface area contributed by atoms with Crippen molar-refractivity contribution in [3.05, 3.63) is 120 Å². The van der Waals surface area contributed by atoms with Crippen LogP contribution in [0.2, 0.25) is 0 Å². The summed E-state index contributed by atoms with van der Waals surface area (Å²) < 4.78 is 6.67. The summed E-state index contributed by atoms with van der Waals surface area (Å²) in [5.74, 6) is 0. The van der Waals surface area contributed by atoms with Gasteiger partial charge in [0, 0.05) is 22.8 Å². The van der Waals surface area contributed by atoms with Crippen molar-refractivity contribution in [3.8, 4) is 11.1 Å². The average Bonchev–Trinajstić information content (AvgIpc) is 3.19. The SMILES string of the molecule is Cc1ccc(Cc2cccc3c2oc2c(-c4ccccc4)c4ccccc4cc23)cc1. The van der Waals surface area contributed by atoms with Gasteiger partial charge in [0.05, 0.1) is 0 Å². The molecule has 0 bridgehead atoms. The second kappa shape index (κ2) is 7.14. The fraction of sp³-hybridized carbons (Fsp3) is 0.0667. The van der Waals surface area contributed by atoms with Gasteiger partial charge in [-0.25, -0.2) is 0 Å². The molecule has 1 heteroatoms. The predicted octanol–water partition coefficient (Wildman–Crippen LogP) is 8.31. The Morgan fingerprint density at radius 3 is 2.19 bits per heavy atom. The van der Waals surface area contributed by atoms with Gasteiger partial charge in [0.2, 0.25) is 0 Å². The topological polar surface area (TPSA) is 13.1 Å². The maximum absolute atomic E-state index is 6.67. The first-order chi connectivity index (χ1) is 15.3. The third-order valence-corrected chi connectivity index (χ3v) is 6.17. The molecule has 1 aromatic heterocycles. The Bertz CT molecular complexity index is 1540. The second-order valence-electron chi connectivity index (χ2n) is 8.27. The molecule has 1 nitrogen and oxygen atoms in total. The van der Waals surface area contributed by atoms with Crippen LogP contribution in [0, 0.1) is 6.92 Å². The van der Waals surface area contributed by atoms with Crippen molar-refractivity contribution in [3.63, 3.8) is 0 Å².